The summed E-state index contributed by atoms with van der Waals surface area (Å²) in [5, 5.41) is -0.160. The van der Waals surface area contributed by atoms with Crippen molar-refractivity contribution in [2.24, 2.45) is 5.92 Å². The normalized spacial score (nSPS) is 13.0. The largest absolute Gasteiger partial charge is 0.494 e. The first-order chi connectivity index (χ1) is 10.0. The number of imidazole rings is 1. The van der Waals surface area contributed by atoms with Gasteiger partial charge in [-0.05, 0) is 25.0 Å². The Morgan fingerprint density at radius 1 is 1.29 bits per heavy atom. The highest BCUT2D eigenvalue weighted by Crippen LogP contribution is 2.29. The van der Waals surface area contributed by atoms with E-state index in [0.29, 0.717) is 12.5 Å². The number of aromatic nitrogens is 2. The van der Waals surface area contributed by atoms with E-state index in [9.17, 15) is 0 Å². The van der Waals surface area contributed by atoms with Gasteiger partial charge in [0.25, 0.3) is 0 Å². The van der Waals surface area contributed by atoms with E-state index in [4.69, 9.17) is 21.1 Å². The van der Waals surface area contributed by atoms with Crippen LogP contribution in [0.2, 0.25) is 0 Å². The van der Waals surface area contributed by atoms with Crippen LogP contribution < -0.4 is 4.74 Å². The Morgan fingerprint density at radius 2 is 2.05 bits per heavy atom. The smallest absolute Gasteiger partial charge is 0.146 e. The van der Waals surface area contributed by atoms with E-state index in [1.807, 2.05) is 25.1 Å². The number of methoxy groups -OCH3 is 1. The number of fused-ring (bicyclic) bond motifs is 1. The van der Waals surface area contributed by atoms with Gasteiger partial charge < -0.3 is 14.0 Å². The van der Waals surface area contributed by atoms with Crippen molar-refractivity contribution in [3.8, 4) is 5.75 Å². The lowest BCUT2D eigenvalue weighted by Crippen LogP contribution is -2.12. The fraction of sp³-hybridized carbons (Fsp3) is 0.562. The minimum absolute atomic E-state index is 0.160. The Balaban J connectivity index is 2.29. The topological polar surface area (TPSA) is 36.3 Å². The Hall–Kier alpha value is -1.26. The van der Waals surface area contributed by atoms with Crippen LogP contribution >= 0.6 is 11.6 Å². The van der Waals surface area contributed by atoms with Gasteiger partial charge in [0.2, 0.25) is 0 Å². The molecule has 2 rings (SSSR count). The Morgan fingerprint density at radius 3 is 2.67 bits per heavy atom. The van der Waals surface area contributed by atoms with Gasteiger partial charge in [-0.25, -0.2) is 4.98 Å². The molecule has 5 heteroatoms. The van der Waals surface area contributed by atoms with Crippen molar-refractivity contribution in [2.45, 2.75) is 32.7 Å². The molecule has 21 heavy (non-hydrogen) atoms. The van der Waals surface area contributed by atoms with Crippen LogP contribution in [0.15, 0.2) is 18.2 Å². The summed E-state index contributed by atoms with van der Waals surface area (Å²) in [4.78, 5) is 4.65. The molecule has 0 amide bonds. The van der Waals surface area contributed by atoms with Crippen LogP contribution in [0.3, 0.4) is 0 Å². The van der Waals surface area contributed by atoms with E-state index in [-0.39, 0.29) is 5.38 Å². The highest BCUT2D eigenvalue weighted by molar-refractivity contribution is 6.20. The predicted octanol–water partition coefficient (Wildman–Crippen LogP) is 4.02. The van der Waals surface area contributed by atoms with Crippen LogP contribution in [-0.2, 0) is 11.3 Å². The molecule has 0 aliphatic heterocycles. The van der Waals surface area contributed by atoms with Crippen molar-refractivity contribution in [3.05, 3.63) is 24.0 Å². The second-order valence-corrected chi connectivity index (χ2v) is 6.19. The first-order valence-corrected chi connectivity index (χ1v) is 7.73. The van der Waals surface area contributed by atoms with Crippen LogP contribution in [0, 0.1) is 5.92 Å². The minimum atomic E-state index is -0.160. The third kappa shape index (κ3) is 3.69. The fourth-order valence-electron chi connectivity index (χ4n) is 2.32. The maximum Gasteiger partial charge on any atom is 0.146 e. The lowest BCUT2D eigenvalue weighted by atomic mass is 10.2. The van der Waals surface area contributed by atoms with Crippen LogP contribution in [0.4, 0.5) is 0 Å². The monoisotopic (exact) mass is 310 g/mol. The summed E-state index contributed by atoms with van der Waals surface area (Å²) in [6, 6.07) is 5.92. The molecule has 116 valence electrons. The average molecular weight is 311 g/mol. The molecule has 0 bridgehead atoms. The number of rotatable bonds is 7. The predicted molar refractivity (Wildman–Crippen MR) is 86.2 cm³/mol. The van der Waals surface area contributed by atoms with E-state index < -0.39 is 0 Å². The molecule has 0 saturated heterocycles. The van der Waals surface area contributed by atoms with Gasteiger partial charge in [0.05, 0.1) is 24.6 Å². The van der Waals surface area contributed by atoms with E-state index in [1.165, 1.54) is 0 Å². The molecule has 1 atom stereocenters. The fourth-order valence-corrected chi connectivity index (χ4v) is 2.48. The van der Waals surface area contributed by atoms with Gasteiger partial charge in [0.1, 0.15) is 17.1 Å². The Kier molecular flexibility index (Phi) is 5.48. The zero-order valence-electron chi connectivity index (χ0n) is 13.1. The highest BCUT2D eigenvalue weighted by atomic mass is 35.5. The molecule has 0 aliphatic carbocycles. The molecule has 0 aliphatic rings. The van der Waals surface area contributed by atoms with Crippen molar-refractivity contribution in [1.82, 2.24) is 9.55 Å². The lowest BCUT2D eigenvalue weighted by molar-refractivity contribution is 0.103. The molecule has 2 aromatic rings. The third-order valence-corrected chi connectivity index (χ3v) is 3.45. The van der Waals surface area contributed by atoms with Gasteiger partial charge in [-0.15, -0.1) is 11.6 Å². The third-order valence-electron chi connectivity index (χ3n) is 3.26. The van der Waals surface area contributed by atoms with Crippen LogP contribution in [0.1, 0.15) is 32.0 Å². The number of hydrogen-bond donors (Lipinski definition) is 0. The van der Waals surface area contributed by atoms with Gasteiger partial charge in [-0.3, -0.25) is 0 Å². The Labute approximate surface area is 131 Å². The number of hydrogen-bond acceptors (Lipinski definition) is 3. The second kappa shape index (κ2) is 7.14. The first kappa shape index (κ1) is 16.1. The van der Waals surface area contributed by atoms with Gasteiger partial charge in [-0.1, -0.05) is 19.9 Å². The van der Waals surface area contributed by atoms with Gasteiger partial charge in [0.15, 0.2) is 0 Å². The molecule has 4 nitrogen and oxygen atoms in total. The zero-order chi connectivity index (χ0) is 15.4. The van der Waals surface area contributed by atoms with E-state index in [1.54, 1.807) is 7.11 Å². The molecular formula is C16H23ClN2O2. The molecule has 0 radical (unpaired) electrons. The molecule has 0 N–H and O–H groups in total. The molecule has 1 unspecified atom stereocenters. The summed E-state index contributed by atoms with van der Waals surface area (Å²) >= 11 is 6.27. The van der Waals surface area contributed by atoms with Gasteiger partial charge in [0, 0.05) is 13.2 Å². The number of para-hydroxylation sites is 1. The highest BCUT2D eigenvalue weighted by Gasteiger charge is 2.17. The quantitative estimate of drug-likeness (QED) is 0.572. The number of benzene rings is 1. The first-order valence-electron chi connectivity index (χ1n) is 7.29. The van der Waals surface area contributed by atoms with Crippen molar-refractivity contribution in [3.63, 3.8) is 0 Å². The number of alkyl halides is 1. The summed E-state index contributed by atoms with van der Waals surface area (Å²) < 4.78 is 13.2. The number of nitrogens with zero attached hydrogens (tertiary/aromatic N) is 2. The van der Waals surface area contributed by atoms with E-state index in [0.717, 1.165) is 35.8 Å². The summed E-state index contributed by atoms with van der Waals surface area (Å²) in [6.07, 6.45) is 0. The average Bonchev–Trinajstić information content (AvgIpc) is 2.82. The maximum atomic E-state index is 6.27. The molecule has 0 spiro atoms. The summed E-state index contributed by atoms with van der Waals surface area (Å²) in [6.45, 7) is 8.37. The maximum absolute atomic E-state index is 6.27. The second-order valence-electron chi connectivity index (χ2n) is 5.53. The van der Waals surface area contributed by atoms with Gasteiger partial charge >= 0.3 is 0 Å². The molecule has 0 fully saturated rings. The minimum Gasteiger partial charge on any atom is -0.494 e. The summed E-state index contributed by atoms with van der Waals surface area (Å²) in [5.41, 5.74) is 1.89. The molecule has 0 saturated carbocycles. The summed E-state index contributed by atoms with van der Waals surface area (Å²) in [7, 11) is 1.66. The van der Waals surface area contributed by atoms with Gasteiger partial charge in [-0.2, -0.15) is 0 Å². The summed E-state index contributed by atoms with van der Waals surface area (Å²) in [5.74, 6) is 2.16. The molecule has 1 heterocycles. The molecular weight excluding hydrogens is 288 g/mol. The van der Waals surface area contributed by atoms with E-state index >= 15 is 0 Å². The number of halogens is 1. The standard InChI is InChI=1S/C16H23ClN2O2/c1-11(2)10-21-9-8-19-13-6-5-7-14(20-4)15(13)18-16(19)12(3)17/h5-7,11-12H,8-10H2,1-4H3. The van der Waals surface area contributed by atoms with Crippen molar-refractivity contribution in [1.29, 1.82) is 0 Å². The van der Waals surface area contributed by atoms with Crippen LogP contribution in [-0.4, -0.2) is 29.9 Å². The molecule has 1 aromatic carbocycles. The van der Waals surface area contributed by atoms with E-state index in [2.05, 4.69) is 23.4 Å². The SMILES string of the molecule is COc1cccc2c1nc(C(C)Cl)n2CCOCC(C)C. The lowest BCUT2D eigenvalue weighted by Gasteiger charge is -2.12. The zero-order valence-corrected chi connectivity index (χ0v) is 13.9. The Bertz CT molecular complexity index is 593. The van der Waals surface area contributed by atoms with Crippen LogP contribution in [0.5, 0.6) is 5.75 Å². The van der Waals surface area contributed by atoms with Crippen molar-refractivity contribution in [2.75, 3.05) is 20.3 Å². The van der Waals surface area contributed by atoms with Crippen molar-refractivity contribution >= 4 is 22.6 Å². The molecule has 1 aromatic heterocycles. The van der Waals surface area contributed by atoms with Crippen molar-refractivity contribution < 1.29 is 9.47 Å². The number of ether oxygens (including phenoxy) is 2. The van der Waals surface area contributed by atoms with Crippen LogP contribution in [0.25, 0.3) is 11.0 Å².